The van der Waals surface area contributed by atoms with Gasteiger partial charge in [0.05, 0.1) is 25.2 Å². The third-order valence-corrected chi connectivity index (χ3v) is 6.83. The van der Waals surface area contributed by atoms with Gasteiger partial charge in [-0.2, -0.15) is 0 Å². The lowest BCUT2D eigenvalue weighted by atomic mass is 10.1. The zero-order chi connectivity index (χ0) is 23.1. The molecular weight excluding hydrogens is 432 g/mol. The second-order valence-electron chi connectivity index (χ2n) is 7.52. The SMILES string of the molecule is CCN(Cc1ccc(OC)c(OC)c1)C(=O)c1cccc(S(=O)(=O)NCC2CCCO2)c1. The van der Waals surface area contributed by atoms with Crippen LogP contribution >= 0.6 is 0 Å². The van der Waals surface area contributed by atoms with Gasteiger partial charge in [0.1, 0.15) is 0 Å². The number of nitrogens with zero attached hydrogens (tertiary/aromatic N) is 1. The first-order valence-corrected chi connectivity index (χ1v) is 12.1. The van der Waals surface area contributed by atoms with Gasteiger partial charge in [-0.1, -0.05) is 12.1 Å². The Balaban J connectivity index is 1.74. The molecule has 2 aromatic rings. The summed E-state index contributed by atoms with van der Waals surface area (Å²) >= 11 is 0. The summed E-state index contributed by atoms with van der Waals surface area (Å²) < 4.78 is 44.1. The van der Waals surface area contributed by atoms with Crippen molar-refractivity contribution in [3.05, 3.63) is 53.6 Å². The zero-order valence-corrected chi connectivity index (χ0v) is 19.5. The summed E-state index contributed by atoms with van der Waals surface area (Å²) in [7, 11) is -0.619. The van der Waals surface area contributed by atoms with Gasteiger partial charge in [-0.15, -0.1) is 0 Å². The summed E-state index contributed by atoms with van der Waals surface area (Å²) in [6.45, 7) is 3.57. The number of ether oxygens (including phenoxy) is 3. The van der Waals surface area contributed by atoms with E-state index in [1.54, 1.807) is 37.3 Å². The Morgan fingerprint density at radius 1 is 1.16 bits per heavy atom. The molecule has 0 aromatic heterocycles. The van der Waals surface area contributed by atoms with Crippen LogP contribution in [0.3, 0.4) is 0 Å². The van der Waals surface area contributed by atoms with Crippen LogP contribution in [0.15, 0.2) is 47.4 Å². The van der Waals surface area contributed by atoms with Crippen molar-refractivity contribution in [2.75, 3.05) is 33.9 Å². The average Bonchev–Trinajstić information content (AvgIpc) is 3.34. The molecule has 174 valence electrons. The lowest BCUT2D eigenvalue weighted by molar-refractivity contribution is 0.0752. The maximum Gasteiger partial charge on any atom is 0.254 e. The van der Waals surface area contributed by atoms with Gasteiger partial charge >= 0.3 is 0 Å². The summed E-state index contributed by atoms with van der Waals surface area (Å²) in [4.78, 5) is 14.8. The van der Waals surface area contributed by atoms with Crippen LogP contribution in [-0.4, -0.2) is 59.2 Å². The van der Waals surface area contributed by atoms with E-state index in [0.717, 1.165) is 18.4 Å². The summed E-state index contributed by atoms with van der Waals surface area (Å²) in [5.74, 6) is 0.941. The van der Waals surface area contributed by atoms with E-state index in [-0.39, 0.29) is 23.5 Å². The van der Waals surface area contributed by atoms with Crippen LogP contribution in [0.2, 0.25) is 0 Å². The number of hydrogen-bond acceptors (Lipinski definition) is 6. The molecule has 1 aliphatic rings. The zero-order valence-electron chi connectivity index (χ0n) is 18.7. The number of hydrogen-bond donors (Lipinski definition) is 1. The number of carbonyl (C=O) groups is 1. The van der Waals surface area contributed by atoms with Crippen molar-refractivity contribution in [2.45, 2.75) is 37.3 Å². The van der Waals surface area contributed by atoms with Gasteiger partial charge < -0.3 is 19.1 Å². The van der Waals surface area contributed by atoms with Gasteiger partial charge in [0.2, 0.25) is 10.0 Å². The molecule has 1 amide bonds. The van der Waals surface area contributed by atoms with Crippen LogP contribution in [0.5, 0.6) is 11.5 Å². The fraction of sp³-hybridized carbons (Fsp3) is 0.435. The molecule has 1 aliphatic heterocycles. The molecule has 9 heteroatoms. The van der Waals surface area contributed by atoms with Crippen molar-refractivity contribution in [1.29, 1.82) is 0 Å². The van der Waals surface area contributed by atoms with E-state index >= 15 is 0 Å². The fourth-order valence-electron chi connectivity index (χ4n) is 3.60. The van der Waals surface area contributed by atoms with Crippen molar-refractivity contribution >= 4 is 15.9 Å². The molecule has 32 heavy (non-hydrogen) atoms. The molecule has 1 atom stereocenters. The van der Waals surface area contributed by atoms with Gasteiger partial charge in [-0.05, 0) is 55.7 Å². The van der Waals surface area contributed by atoms with Crippen molar-refractivity contribution in [3.63, 3.8) is 0 Å². The molecule has 0 bridgehead atoms. The van der Waals surface area contributed by atoms with E-state index in [1.807, 2.05) is 19.1 Å². The van der Waals surface area contributed by atoms with Crippen molar-refractivity contribution in [2.24, 2.45) is 0 Å². The minimum Gasteiger partial charge on any atom is -0.493 e. The van der Waals surface area contributed by atoms with Crippen molar-refractivity contribution in [1.82, 2.24) is 9.62 Å². The summed E-state index contributed by atoms with van der Waals surface area (Å²) in [6, 6.07) is 11.6. The highest BCUT2D eigenvalue weighted by Crippen LogP contribution is 2.28. The van der Waals surface area contributed by atoms with Crippen LogP contribution in [0, 0.1) is 0 Å². The molecule has 1 saturated heterocycles. The molecule has 1 heterocycles. The number of amides is 1. The van der Waals surface area contributed by atoms with E-state index in [4.69, 9.17) is 14.2 Å². The third kappa shape index (κ3) is 5.79. The Hall–Kier alpha value is -2.62. The number of nitrogens with one attached hydrogen (secondary N) is 1. The summed E-state index contributed by atoms with van der Waals surface area (Å²) in [5.41, 5.74) is 1.19. The first-order valence-electron chi connectivity index (χ1n) is 10.6. The Kier molecular flexibility index (Phi) is 8.11. The lowest BCUT2D eigenvalue weighted by Gasteiger charge is -2.22. The Labute approximate surface area is 189 Å². The molecule has 1 fully saturated rings. The van der Waals surface area contributed by atoms with Crippen LogP contribution in [-0.2, 0) is 21.3 Å². The number of benzene rings is 2. The quantitative estimate of drug-likeness (QED) is 0.584. The molecule has 0 saturated carbocycles. The first-order chi connectivity index (χ1) is 15.4. The van der Waals surface area contributed by atoms with E-state index in [2.05, 4.69) is 4.72 Å². The van der Waals surface area contributed by atoms with E-state index in [9.17, 15) is 13.2 Å². The first kappa shape index (κ1) is 24.0. The maximum absolute atomic E-state index is 13.1. The smallest absolute Gasteiger partial charge is 0.254 e. The molecule has 0 radical (unpaired) electrons. The molecule has 8 nitrogen and oxygen atoms in total. The molecule has 2 aromatic carbocycles. The van der Waals surface area contributed by atoms with Gasteiger partial charge in [0.25, 0.3) is 5.91 Å². The lowest BCUT2D eigenvalue weighted by Crippen LogP contribution is -2.32. The topological polar surface area (TPSA) is 94.2 Å². The normalized spacial score (nSPS) is 16.0. The van der Waals surface area contributed by atoms with E-state index in [1.165, 1.54) is 12.1 Å². The summed E-state index contributed by atoms with van der Waals surface area (Å²) in [5, 5.41) is 0. The monoisotopic (exact) mass is 462 g/mol. The van der Waals surface area contributed by atoms with Crippen molar-refractivity contribution < 1.29 is 27.4 Å². The van der Waals surface area contributed by atoms with E-state index < -0.39 is 10.0 Å². The molecule has 1 N–H and O–H groups in total. The predicted octanol–water partition coefficient (Wildman–Crippen LogP) is 2.82. The minimum absolute atomic E-state index is 0.0588. The van der Waals surface area contributed by atoms with Gasteiger partial charge in [-0.25, -0.2) is 13.1 Å². The van der Waals surface area contributed by atoms with Gasteiger partial charge in [-0.3, -0.25) is 4.79 Å². The third-order valence-electron chi connectivity index (χ3n) is 5.41. The van der Waals surface area contributed by atoms with Crippen LogP contribution in [0.4, 0.5) is 0 Å². The number of carbonyl (C=O) groups excluding carboxylic acids is 1. The fourth-order valence-corrected chi connectivity index (χ4v) is 4.71. The molecule has 0 spiro atoms. The molecule has 1 unspecified atom stereocenters. The predicted molar refractivity (Wildman–Crippen MR) is 121 cm³/mol. The Bertz CT molecular complexity index is 1030. The molecular formula is C23H30N2O6S. The Morgan fingerprint density at radius 3 is 2.59 bits per heavy atom. The van der Waals surface area contributed by atoms with E-state index in [0.29, 0.717) is 36.8 Å². The Morgan fingerprint density at radius 2 is 1.94 bits per heavy atom. The number of methoxy groups -OCH3 is 2. The second kappa shape index (κ2) is 10.8. The standard InChI is InChI=1S/C23H30N2O6S/c1-4-25(16-17-10-11-21(29-2)22(13-17)30-3)23(26)18-7-5-9-20(14-18)32(27,28)24-15-19-8-6-12-31-19/h5,7,9-11,13-14,19,24H,4,6,8,12,15-16H2,1-3H3. The second-order valence-corrected chi connectivity index (χ2v) is 9.29. The largest absolute Gasteiger partial charge is 0.493 e. The minimum atomic E-state index is -3.74. The highest BCUT2D eigenvalue weighted by atomic mass is 32.2. The van der Waals surface area contributed by atoms with Gasteiger partial charge in [0, 0.05) is 31.8 Å². The molecule has 0 aliphatic carbocycles. The van der Waals surface area contributed by atoms with Crippen LogP contribution in [0.1, 0.15) is 35.7 Å². The van der Waals surface area contributed by atoms with Crippen LogP contribution < -0.4 is 14.2 Å². The van der Waals surface area contributed by atoms with Crippen LogP contribution in [0.25, 0.3) is 0 Å². The van der Waals surface area contributed by atoms with Gasteiger partial charge in [0.15, 0.2) is 11.5 Å². The summed E-state index contributed by atoms with van der Waals surface area (Å²) in [6.07, 6.45) is 1.66. The average molecular weight is 463 g/mol. The highest BCUT2D eigenvalue weighted by molar-refractivity contribution is 7.89. The van der Waals surface area contributed by atoms with Crippen molar-refractivity contribution in [3.8, 4) is 11.5 Å². The maximum atomic E-state index is 13.1. The number of sulfonamides is 1. The number of rotatable bonds is 10. The highest BCUT2D eigenvalue weighted by Gasteiger charge is 2.22. The molecule has 3 rings (SSSR count).